The van der Waals surface area contributed by atoms with Crippen LogP contribution in [0.5, 0.6) is 5.75 Å². The van der Waals surface area contributed by atoms with Crippen molar-refractivity contribution in [2.45, 2.75) is 13.8 Å². The molecule has 0 fully saturated rings. The maximum atomic E-state index is 12.4. The van der Waals surface area contributed by atoms with Gasteiger partial charge in [-0.1, -0.05) is 16.8 Å². The van der Waals surface area contributed by atoms with Crippen LogP contribution in [0.4, 0.5) is 17.3 Å². The molecule has 2 heterocycles. The maximum absolute atomic E-state index is 12.4. The quantitative estimate of drug-likeness (QED) is 0.702. The molecule has 0 unspecified atom stereocenters. The molecule has 0 bridgehead atoms. The Morgan fingerprint density at radius 3 is 2.62 bits per heavy atom. The number of anilines is 3. The zero-order valence-electron chi connectivity index (χ0n) is 14.3. The number of aromatic nitrogens is 3. The lowest BCUT2D eigenvalue weighted by Crippen LogP contribution is -2.15. The zero-order chi connectivity index (χ0) is 18.7. The predicted molar refractivity (Wildman–Crippen MR) is 97.2 cm³/mol. The maximum Gasteiger partial charge on any atom is 0.275 e. The monoisotopic (exact) mass is 373 g/mol. The Hall–Kier alpha value is -3.13. The fourth-order valence-corrected chi connectivity index (χ4v) is 2.50. The number of nitrogens with one attached hydrogen (secondary N) is 2. The molecule has 0 aliphatic rings. The van der Waals surface area contributed by atoms with E-state index in [0.717, 1.165) is 0 Å². The van der Waals surface area contributed by atoms with Crippen molar-refractivity contribution < 1.29 is 14.1 Å². The summed E-state index contributed by atoms with van der Waals surface area (Å²) in [6.45, 7) is 3.43. The van der Waals surface area contributed by atoms with Gasteiger partial charge in [-0.15, -0.1) is 0 Å². The molecule has 1 aromatic carbocycles. The number of carbonyl (C=O) groups excluding carboxylic acids is 1. The van der Waals surface area contributed by atoms with Gasteiger partial charge in [-0.25, -0.2) is 9.97 Å². The van der Waals surface area contributed by atoms with Gasteiger partial charge in [-0.3, -0.25) is 4.79 Å². The smallest absolute Gasteiger partial charge is 0.275 e. The van der Waals surface area contributed by atoms with Gasteiger partial charge in [0.05, 0.1) is 12.1 Å². The van der Waals surface area contributed by atoms with Crippen LogP contribution in [0.15, 0.2) is 34.9 Å². The number of aryl methyl sites for hydroxylation is 2. The summed E-state index contributed by atoms with van der Waals surface area (Å²) < 4.78 is 10.1. The number of hydrogen-bond donors (Lipinski definition) is 2. The van der Waals surface area contributed by atoms with Crippen molar-refractivity contribution in [2.75, 3.05) is 17.7 Å². The molecule has 2 N–H and O–H groups in total. The summed E-state index contributed by atoms with van der Waals surface area (Å²) in [7, 11) is 1.54. The number of rotatable bonds is 5. The molecule has 3 aromatic rings. The first kappa shape index (κ1) is 17.7. The molecule has 0 saturated carbocycles. The van der Waals surface area contributed by atoms with E-state index in [1.807, 2.05) is 0 Å². The highest BCUT2D eigenvalue weighted by Gasteiger charge is 2.13. The fraction of sp³-hybridized carbons (Fsp3) is 0.176. The molecule has 134 valence electrons. The van der Waals surface area contributed by atoms with Crippen molar-refractivity contribution in [3.05, 3.63) is 52.6 Å². The first-order chi connectivity index (χ1) is 12.4. The van der Waals surface area contributed by atoms with E-state index in [0.29, 0.717) is 39.7 Å². The summed E-state index contributed by atoms with van der Waals surface area (Å²) in [6, 6.07) is 8.38. The zero-order valence-corrected chi connectivity index (χ0v) is 15.1. The molecule has 26 heavy (non-hydrogen) atoms. The molecule has 0 aliphatic heterocycles. The molecule has 0 radical (unpaired) electrons. The van der Waals surface area contributed by atoms with Crippen LogP contribution < -0.4 is 15.4 Å². The van der Waals surface area contributed by atoms with Gasteiger partial charge >= 0.3 is 0 Å². The number of halogens is 1. The average Bonchev–Trinajstić information content (AvgIpc) is 2.99. The van der Waals surface area contributed by atoms with Gasteiger partial charge in [0.1, 0.15) is 28.8 Å². The van der Waals surface area contributed by atoms with E-state index in [2.05, 4.69) is 25.8 Å². The van der Waals surface area contributed by atoms with Gasteiger partial charge in [-0.2, -0.15) is 0 Å². The summed E-state index contributed by atoms with van der Waals surface area (Å²) in [4.78, 5) is 20.8. The lowest BCUT2D eigenvalue weighted by atomic mass is 10.3. The van der Waals surface area contributed by atoms with Crippen molar-refractivity contribution in [2.24, 2.45) is 0 Å². The summed E-state index contributed by atoms with van der Waals surface area (Å²) >= 11 is 6.12. The standard InChI is InChI=1S/C17H16ClN5O3/c1-9-6-16(23-26-9)22-17(24)13-8-15(20-10(2)19-13)21-11-4-5-14(25-3)12(18)7-11/h4-8H,1-3H3,(H,19,20,21)(H,22,23,24). The first-order valence-corrected chi connectivity index (χ1v) is 8.03. The average molecular weight is 374 g/mol. The van der Waals surface area contributed by atoms with E-state index in [9.17, 15) is 4.79 Å². The molecular formula is C17H16ClN5O3. The fourth-order valence-electron chi connectivity index (χ4n) is 2.25. The molecule has 9 heteroatoms. The molecule has 0 saturated heterocycles. The van der Waals surface area contributed by atoms with Crippen molar-refractivity contribution in [3.63, 3.8) is 0 Å². The third-order valence-corrected chi connectivity index (χ3v) is 3.66. The third kappa shape index (κ3) is 4.09. The van der Waals surface area contributed by atoms with Crippen LogP contribution in [-0.2, 0) is 0 Å². The van der Waals surface area contributed by atoms with Crippen LogP contribution in [-0.4, -0.2) is 28.1 Å². The van der Waals surface area contributed by atoms with Gasteiger partial charge in [0.2, 0.25) is 0 Å². The molecular weight excluding hydrogens is 358 g/mol. The SMILES string of the molecule is COc1ccc(Nc2cc(C(=O)Nc3cc(C)on3)nc(C)n2)cc1Cl. The second-order valence-electron chi connectivity index (χ2n) is 5.44. The highest BCUT2D eigenvalue weighted by molar-refractivity contribution is 6.32. The Balaban J connectivity index is 1.81. The number of nitrogens with zero attached hydrogens (tertiary/aromatic N) is 3. The number of amides is 1. The van der Waals surface area contributed by atoms with E-state index in [-0.39, 0.29) is 5.69 Å². The second-order valence-corrected chi connectivity index (χ2v) is 5.84. The van der Waals surface area contributed by atoms with Crippen LogP contribution in [0.1, 0.15) is 22.1 Å². The van der Waals surface area contributed by atoms with Crippen LogP contribution >= 0.6 is 11.6 Å². The summed E-state index contributed by atoms with van der Waals surface area (Å²) in [5.74, 6) is 1.97. The molecule has 0 atom stereocenters. The van der Waals surface area contributed by atoms with E-state index in [1.54, 1.807) is 45.2 Å². The Morgan fingerprint density at radius 2 is 1.96 bits per heavy atom. The van der Waals surface area contributed by atoms with Gasteiger partial charge in [0.25, 0.3) is 5.91 Å². The van der Waals surface area contributed by atoms with Crippen LogP contribution in [0.2, 0.25) is 5.02 Å². The van der Waals surface area contributed by atoms with Crippen molar-refractivity contribution in [3.8, 4) is 5.75 Å². The van der Waals surface area contributed by atoms with Gasteiger partial charge in [0.15, 0.2) is 5.82 Å². The van der Waals surface area contributed by atoms with Crippen molar-refractivity contribution in [1.82, 2.24) is 15.1 Å². The van der Waals surface area contributed by atoms with Crippen LogP contribution in [0.3, 0.4) is 0 Å². The molecule has 1 amide bonds. The van der Waals surface area contributed by atoms with Crippen LogP contribution in [0.25, 0.3) is 0 Å². The van der Waals surface area contributed by atoms with Gasteiger partial charge in [0, 0.05) is 17.8 Å². The highest BCUT2D eigenvalue weighted by Crippen LogP contribution is 2.28. The molecule has 0 aliphatic carbocycles. The minimum absolute atomic E-state index is 0.195. The van der Waals surface area contributed by atoms with E-state index in [1.165, 1.54) is 6.07 Å². The van der Waals surface area contributed by atoms with Gasteiger partial charge < -0.3 is 19.9 Å². The number of carbonyl (C=O) groups is 1. The number of ether oxygens (including phenoxy) is 1. The summed E-state index contributed by atoms with van der Waals surface area (Å²) in [5.41, 5.74) is 0.896. The molecule has 8 nitrogen and oxygen atoms in total. The minimum atomic E-state index is -0.417. The number of benzene rings is 1. The second kappa shape index (κ2) is 7.40. The highest BCUT2D eigenvalue weighted by atomic mass is 35.5. The van der Waals surface area contributed by atoms with E-state index in [4.69, 9.17) is 20.9 Å². The minimum Gasteiger partial charge on any atom is -0.495 e. The van der Waals surface area contributed by atoms with Gasteiger partial charge in [-0.05, 0) is 32.0 Å². The lowest BCUT2D eigenvalue weighted by Gasteiger charge is -2.10. The van der Waals surface area contributed by atoms with E-state index < -0.39 is 5.91 Å². The number of methoxy groups -OCH3 is 1. The Labute approximate surface area is 154 Å². The Morgan fingerprint density at radius 1 is 1.15 bits per heavy atom. The third-order valence-electron chi connectivity index (χ3n) is 3.36. The summed E-state index contributed by atoms with van der Waals surface area (Å²) in [6.07, 6.45) is 0. The number of hydrogen-bond acceptors (Lipinski definition) is 7. The van der Waals surface area contributed by atoms with Crippen molar-refractivity contribution in [1.29, 1.82) is 0 Å². The molecule has 3 rings (SSSR count). The molecule has 2 aromatic heterocycles. The van der Waals surface area contributed by atoms with Crippen molar-refractivity contribution >= 4 is 34.8 Å². The Kier molecular flexibility index (Phi) is 5.04. The lowest BCUT2D eigenvalue weighted by molar-refractivity contribution is 0.102. The molecule has 0 spiro atoms. The van der Waals surface area contributed by atoms with Crippen LogP contribution in [0, 0.1) is 13.8 Å². The first-order valence-electron chi connectivity index (χ1n) is 7.65. The largest absolute Gasteiger partial charge is 0.495 e. The summed E-state index contributed by atoms with van der Waals surface area (Å²) in [5, 5.41) is 9.91. The Bertz CT molecular complexity index is 957. The topological polar surface area (TPSA) is 102 Å². The van der Waals surface area contributed by atoms with E-state index >= 15 is 0 Å². The normalized spacial score (nSPS) is 10.5. The predicted octanol–water partition coefficient (Wildman–Crippen LogP) is 3.74.